The number of amides is 1. The van der Waals surface area contributed by atoms with E-state index in [0.29, 0.717) is 0 Å². The van der Waals surface area contributed by atoms with Gasteiger partial charge in [0.25, 0.3) is 0 Å². The Balaban J connectivity index is 1.75. The monoisotopic (exact) mass is 471 g/mol. The van der Waals surface area contributed by atoms with Crippen LogP contribution in [-0.4, -0.2) is 35.2 Å². The quantitative estimate of drug-likeness (QED) is 0.556. The van der Waals surface area contributed by atoms with Crippen molar-refractivity contribution in [1.29, 1.82) is 0 Å². The molecule has 6 nitrogen and oxygen atoms in total. The summed E-state index contributed by atoms with van der Waals surface area (Å²) in [6.45, 7) is -0.784. The molecule has 1 aliphatic rings. The summed E-state index contributed by atoms with van der Waals surface area (Å²) < 4.78 is 53.6. The molecule has 1 amide bonds. The van der Waals surface area contributed by atoms with E-state index in [2.05, 4.69) is 0 Å². The number of fused-ring (bicyclic) bond motifs is 1. The van der Waals surface area contributed by atoms with Crippen LogP contribution < -0.4 is 4.74 Å². The fourth-order valence-electron chi connectivity index (χ4n) is 3.99. The number of carboxylic acids is 1. The number of carbonyl (C=O) groups is 2. The zero-order valence-corrected chi connectivity index (χ0v) is 17.8. The summed E-state index contributed by atoms with van der Waals surface area (Å²) in [5.74, 6) is -4.04. The predicted molar refractivity (Wildman–Crippen MR) is 115 cm³/mol. The standard InChI is InChI=1S/C25H20F3NO5/c26-16-6-9-21(33-14-22(30)31)19(12-16)24-18-7-8-20(27)23(28)17(18)10-11-29(24)25(32)34-13-15-4-2-1-3-5-15/h1-9,12,24H,10-11,13-14H2,(H,30,31). The number of hydrogen-bond acceptors (Lipinski definition) is 4. The second-order valence-corrected chi connectivity index (χ2v) is 7.68. The van der Waals surface area contributed by atoms with Crippen LogP contribution in [0.1, 0.15) is 28.3 Å². The predicted octanol–water partition coefficient (Wildman–Crippen LogP) is 4.85. The Hall–Kier alpha value is -4.01. The number of nitrogens with zero attached hydrogens (tertiary/aromatic N) is 1. The molecule has 176 valence electrons. The van der Waals surface area contributed by atoms with Crippen molar-refractivity contribution in [3.05, 3.63) is 100 Å². The molecule has 0 saturated carbocycles. The SMILES string of the molecule is O=C(O)COc1ccc(F)cc1C1c2ccc(F)c(F)c2CCN1C(=O)OCc1ccccc1. The molecule has 0 saturated heterocycles. The van der Waals surface area contributed by atoms with Crippen molar-refractivity contribution >= 4 is 12.1 Å². The van der Waals surface area contributed by atoms with Crippen LogP contribution in [0, 0.1) is 17.5 Å². The van der Waals surface area contributed by atoms with Gasteiger partial charge in [-0.15, -0.1) is 0 Å². The van der Waals surface area contributed by atoms with E-state index in [4.69, 9.17) is 14.6 Å². The molecule has 3 aromatic rings. The van der Waals surface area contributed by atoms with Gasteiger partial charge in [-0.3, -0.25) is 4.90 Å². The normalized spacial score (nSPS) is 14.9. The first-order valence-electron chi connectivity index (χ1n) is 10.4. The first kappa shape index (κ1) is 23.2. The fraction of sp³-hybridized carbons (Fsp3) is 0.200. The van der Waals surface area contributed by atoms with Crippen LogP contribution in [0.4, 0.5) is 18.0 Å². The molecule has 34 heavy (non-hydrogen) atoms. The largest absolute Gasteiger partial charge is 0.482 e. The number of hydrogen-bond donors (Lipinski definition) is 1. The molecule has 0 spiro atoms. The lowest BCUT2D eigenvalue weighted by Gasteiger charge is -2.37. The van der Waals surface area contributed by atoms with Crippen LogP contribution >= 0.6 is 0 Å². The van der Waals surface area contributed by atoms with Gasteiger partial charge in [-0.1, -0.05) is 36.4 Å². The van der Waals surface area contributed by atoms with Crippen molar-refractivity contribution in [3.8, 4) is 5.75 Å². The minimum atomic E-state index is -1.26. The van der Waals surface area contributed by atoms with Crippen LogP contribution in [-0.2, 0) is 22.6 Å². The summed E-state index contributed by atoms with van der Waals surface area (Å²) in [5.41, 5.74) is 1.11. The maximum Gasteiger partial charge on any atom is 0.410 e. The highest BCUT2D eigenvalue weighted by Gasteiger charge is 2.37. The number of carboxylic acid groups (broad SMARTS) is 1. The Morgan fingerprint density at radius 3 is 2.50 bits per heavy atom. The molecular formula is C25H20F3NO5. The fourth-order valence-corrected chi connectivity index (χ4v) is 3.99. The van der Waals surface area contributed by atoms with Crippen molar-refractivity contribution < 1.29 is 37.3 Å². The van der Waals surface area contributed by atoms with Crippen LogP contribution in [0.15, 0.2) is 60.7 Å². The van der Waals surface area contributed by atoms with E-state index in [0.717, 1.165) is 23.8 Å². The van der Waals surface area contributed by atoms with Gasteiger partial charge in [0.15, 0.2) is 18.2 Å². The van der Waals surface area contributed by atoms with Gasteiger partial charge >= 0.3 is 12.1 Å². The Morgan fingerprint density at radius 2 is 1.76 bits per heavy atom. The molecule has 0 aromatic heterocycles. The Bertz CT molecular complexity index is 1220. The minimum Gasteiger partial charge on any atom is -0.482 e. The molecule has 1 atom stereocenters. The van der Waals surface area contributed by atoms with Crippen LogP contribution in [0.25, 0.3) is 0 Å². The Labute approximate surface area is 193 Å². The number of halogens is 3. The number of benzene rings is 3. The van der Waals surface area contributed by atoms with Crippen LogP contribution in [0.5, 0.6) is 5.75 Å². The first-order chi connectivity index (χ1) is 16.3. The lowest BCUT2D eigenvalue weighted by Crippen LogP contribution is -2.41. The highest BCUT2D eigenvalue weighted by Crippen LogP contribution is 2.41. The van der Waals surface area contributed by atoms with Gasteiger partial charge in [0.05, 0.1) is 6.04 Å². The third-order valence-corrected chi connectivity index (χ3v) is 5.50. The first-order valence-corrected chi connectivity index (χ1v) is 10.4. The number of ether oxygens (including phenoxy) is 2. The summed E-state index contributed by atoms with van der Waals surface area (Å²) in [6.07, 6.45) is -0.742. The van der Waals surface area contributed by atoms with E-state index in [1.807, 2.05) is 6.07 Å². The topological polar surface area (TPSA) is 76.1 Å². The number of aliphatic carboxylic acids is 1. The van der Waals surface area contributed by atoms with Gasteiger partial charge < -0.3 is 14.6 Å². The smallest absolute Gasteiger partial charge is 0.410 e. The van der Waals surface area contributed by atoms with Crippen molar-refractivity contribution in [2.45, 2.75) is 19.1 Å². The van der Waals surface area contributed by atoms with E-state index >= 15 is 0 Å². The van der Waals surface area contributed by atoms with Crippen LogP contribution in [0.2, 0.25) is 0 Å². The average Bonchev–Trinajstić information content (AvgIpc) is 2.84. The molecule has 1 unspecified atom stereocenters. The average molecular weight is 471 g/mol. The molecular weight excluding hydrogens is 451 g/mol. The Morgan fingerprint density at radius 1 is 1.00 bits per heavy atom. The van der Waals surface area contributed by atoms with E-state index in [1.54, 1.807) is 24.3 Å². The second kappa shape index (κ2) is 9.86. The maximum absolute atomic E-state index is 14.6. The third kappa shape index (κ3) is 4.83. The molecule has 0 radical (unpaired) electrons. The number of rotatable bonds is 6. The van der Waals surface area contributed by atoms with E-state index in [-0.39, 0.29) is 42.0 Å². The van der Waals surface area contributed by atoms with E-state index in [9.17, 15) is 22.8 Å². The molecule has 1 heterocycles. The maximum atomic E-state index is 14.6. The van der Waals surface area contributed by atoms with Gasteiger partial charge in [-0.05, 0) is 47.4 Å². The highest BCUT2D eigenvalue weighted by atomic mass is 19.2. The summed E-state index contributed by atoms with van der Waals surface area (Å²) >= 11 is 0. The van der Waals surface area contributed by atoms with Crippen molar-refractivity contribution in [3.63, 3.8) is 0 Å². The van der Waals surface area contributed by atoms with Gasteiger partial charge in [0, 0.05) is 12.1 Å². The molecule has 9 heteroatoms. The van der Waals surface area contributed by atoms with Crippen molar-refractivity contribution in [1.82, 2.24) is 4.90 Å². The van der Waals surface area contributed by atoms with Gasteiger partial charge in [-0.2, -0.15) is 0 Å². The van der Waals surface area contributed by atoms with Crippen LogP contribution in [0.3, 0.4) is 0 Å². The van der Waals surface area contributed by atoms with Crippen molar-refractivity contribution in [2.75, 3.05) is 13.2 Å². The molecule has 0 bridgehead atoms. The zero-order valence-electron chi connectivity index (χ0n) is 17.8. The van der Waals surface area contributed by atoms with E-state index < -0.39 is 42.2 Å². The summed E-state index contributed by atoms with van der Waals surface area (Å²) in [6, 6.07) is 13.5. The lowest BCUT2D eigenvalue weighted by atomic mass is 9.87. The number of carbonyl (C=O) groups excluding carboxylic acids is 1. The Kier molecular flexibility index (Phi) is 6.72. The highest BCUT2D eigenvalue weighted by molar-refractivity contribution is 5.71. The molecule has 0 aliphatic carbocycles. The van der Waals surface area contributed by atoms with Gasteiger partial charge in [0.1, 0.15) is 18.2 Å². The molecule has 0 fully saturated rings. The molecule has 1 N–H and O–H groups in total. The van der Waals surface area contributed by atoms with Gasteiger partial charge in [0.2, 0.25) is 0 Å². The van der Waals surface area contributed by atoms with Gasteiger partial charge in [-0.25, -0.2) is 22.8 Å². The summed E-state index contributed by atoms with van der Waals surface area (Å²) in [5, 5.41) is 9.00. The zero-order chi connectivity index (χ0) is 24.2. The molecule has 4 rings (SSSR count). The lowest BCUT2D eigenvalue weighted by molar-refractivity contribution is -0.139. The summed E-state index contributed by atoms with van der Waals surface area (Å²) in [7, 11) is 0. The second-order valence-electron chi connectivity index (χ2n) is 7.68. The van der Waals surface area contributed by atoms with Crippen molar-refractivity contribution in [2.24, 2.45) is 0 Å². The molecule has 3 aromatic carbocycles. The van der Waals surface area contributed by atoms with E-state index in [1.165, 1.54) is 17.0 Å². The summed E-state index contributed by atoms with van der Waals surface area (Å²) in [4.78, 5) is 25.4. The minimum absolute atomic E-state index is 0.00718. The third-order valence-electron chi connectivity index (χ3n) is 5.50. The molecule has 1 aliphatic heterocycles.